The van der Waals surface area contributed by atoms with Crippen LogP contribution < -0.4 is 0 Å². The Morgan fingerprint density at radius 1 is 1.53 bits per heavy atom. The van der Waals surface area contributed by atoms with E-state index in [1.807, 2.05) is 11.6 Å². The fraction of sp³-hybridized carbons (Fsp3) is 0.846. The standard InChI is InChI=1S/C13H23N3O/c1-3-16-13(14-9-15-16)8-12(17)11-6-4-5-10(2)7-11/h9-12,17H,3-8H2,1-2H3. The van der Waals surface area contributed by atoms with Crippen molar-refractivity contribution in [1.29, 1.82) is 0 Å². The molecule has 96 valence electrons. The van der Waals surface area contributed by atoms with Crippen LogP contribution in [-0.4, -0.2) is 26.0 Å². The van der Waals surface area contributed by atoms with Gasteiger partial charge in [0, 0.05) is 13.0 Å². The first-order chi connectivity index (χ1) is 8.20. The van der Waals surface area contributed by atoms with Crippen LogP contribution in [0, 0.1) is 11.8 Å². The van der Waals surface area contributed by atoms with E-state index in [9.17, 15) is 5.11 Å². The Balaban J connectivity index is 1.94. The highest BCUT2D eigenvalue weighted by atomic mass is 16.3. The van der Waals surface area contributed by atoms with Gasteiger partial charge >= 0.3 is 0 Å². The Hall–Kier alpha value is -0.900. The van der Waals surface area contributed by atoms with Crippen LogP contribution in [0.4, 0.5) is 0 Å². The maximum absolute atomic E-state index is 10.3. The van der Waals surface area contributed by atoms with Gasteiger partial charge in [-0.2, -0.15) is 5.10 Å². The van der Waals surface area contributed by atoms with Gasteiger partial charge in [-0.05, 0) is 31.6 Å². The Bertz CT molecular complexity index is 350. The summed E-state index contributed by atoms with van der Waals surface area (Å²) in [7, 11) is 0. The largest absolute Gasteiger partial charge is 0.392 e. The molecule has 1 aliphatic carbocycles. The number of aliphatic hydroxyl groups excluding tert-OH is 1. The minimum absolute atomic E-state index is 0.257. The second kappa shape index (κ2) is 5.63. The Labute approximate surface area is 103 Å². The van der Waals surface area contributed by atoms with Crippen LogP contribution >= 0.6 is 0 Å². The van der Waals surface area contributed by atoms with Gasteiger partial charge in [-0.1, -0.05) is 19.8 Å². The normalized spacial score (nSPS) is 27.0. The van der Waals surface area contributed by atoms with E-state index >= 15 is 0 Å². The Kier molecular flexibility index (Phi) is 4.15. The number of aromatic nitrogens is 3. The molecule has 1 saturated carbocycles. The molecule has 4 heteroatoms. The highest BCUT2D eigenvalue weighted by molar-refractivity contribution is 4.90. The average Bonchev–Trinajstić information content (AvgIpc) is 2.76. The second-order valence-electron chi connectivity index (χ2n) is 5.30. The van der Waals surface area contributed by atoms with Gasteiger partial charge < -0.3 is 5.11 Å². The van der Waals surface area contributed by atoms with Crippen molar-refractivity contribution in [2.45, 2.75) is 58.6 Å². The zero-order chi connectivity index (χ0) is 12.3. The number of aliphatic hydroxyl groups is 1. The van der Waals surface area contributed by atoms with Crippen LogP contribution in [-0.2, 0) is 13.0 Å². The lowest BCUT2D eigenvalue weighted by Gasteiger charge is -2.30. The summed E-state index contributed by atoms with van der Waals surface area (Å²) in [4.78, 5) is 4.23. The van der Waals surface area contributed by atoms with E-state index in [2.05, 4.69) is 17.0 Å². The number of aryl methyl sites for hydroxylation is 1. The Morgan fingerprint density at radius 3 is 3.06 bits per heavy atom. The van der Waals surface area contributed by atoms with E-state index in [1.165, 1.54) is 12.8 Å². The third-order valence-corrected chi connectivity index (χ3v) is 3.91. The zero-order valence-electron chi connectivity index (χ0n) is 10.8. The molecule has 0 spiro atoms. The third-order valence-electron chi connectivity index (χ3n) is 3.91. The van der Waals surface area contributed by atoms with Gasteiger partial charge in [0.25, 0.3) is 0 Å². The SMILES string of the molecule is CCn1ncnc1CC(O)C1CCCC(C)C1. The van der Waals surface area contributed by atoms with Gasteiger partial charge in [-0.3, -0.25) is 4.68 Å². The molecule has 0 radical (unpaired) electrons. The van der Waals surface area contributed by atoms with Crippen molar-refractivity contribution >= 4 is 0 Å². The second-order valence-corrected chi connectivity index (χ2v) is 5.30. The van der Waals surface area contributed by atoms with Crippen LogP contribution in [0.15, 0.2) is 6.33 Å². The Morgan fingerprint density at radius 2 is 2.35 bits per heavy atom. The first-order valence-corrected chi connectivity index (χ1v) is 6.75. The molecule has 0 aromatic carbocycles. The van der Waals surface area contributed by atoms with Gasteiger partial charge in [0.15, 0.2) is 0 Å². The van der Waals surface area contributed by atoms with Crippen molar-refractivity contribution in [3.63, 3.8) is 0 Å². The predicted octanol–water partition coefficient (Wildman–Crippen LogP) is 2.03. The first kappa shape index (κ1) is 12.6. The van der Waals surface area contributed by atoms with Gasteiger partial charge in [0.1, 0.15) is 12.2 Å². The molecule has 0 aliphatic heterocycles. The molecule has 1 N–H and O–H groups in total. The van der Waals surface area contributed by atoms with Crippen molar-refractivity contribution in [2.75, 3.05) is 0 Å². The number of hydrogen-bond donors (Lipinski definition) is 1. The van der Waals surface area contributed by atoms with E-state index in [0.717, 1.165) is 31.1 Å². The highest BCUT2D eigenvalue weighted by Crippen LogP contribution is 2.31. The summed E-state index contributed by atoms with van der Waals surface area (Å²) in [5, 5.41) is 14.4. The average molecular weight is 237 g/mol. The summed E-state index contributed by atoms with van der Waals surface area (Å²) >= 11 is 0. The molecule has 2 rings (SSSR count). The lowest BCUT2D eigenvalue weighted by molar-refractivity contribution is 0.0696. The summed E-state index contributed by atoms with van der Waals surface area (Å²) in [6.45, 7) is 5.16. The van der Waals surface area contributed by atoms with Crippen molar-refractivity contribution in [3.8, 4) is 0 Å². The highest BCUT2D eigenvalue weighted by Gasteiger charge is 2.26. The summed E-state index contributed by atoms with van der Waals surface area (Å²) < 4.78 is 1.87. The monoisotopic (exact) mass is 237 g/mol. The van der Waals surface area contributed by atoms with Crippen LogP contribution in [0.3, 0.4) is 0 Å². The summed E-state index contributed by atoms with van der Waals surface area (Å²) in [5.41, 5.74) is 0. The van der Waals surface area contributed by atoms with Gasteiger partial charge in [-0.15, -0.1) is 0 Å². The minimum Gasteiger partial charge on any atom is -0.392 e. The van der Waals surface area contributed by atoms with Gasteiger partial charge in [0.2, 0.25) is 0 Å². The van der Waals surface area contributed by atoms with E-state index < -0.39 is 0 Å². The molecule has 3 unspecified atom stereocenters. The molecule has 1 aromatic rings. The summed E-state index contributed by atoms with van der Waals surface area (Å²) in [6, 6.07) is 0. The molecule has 4 nitrogen and oxygen atoms in total. The molecular formula is C13H23N3O. The number of rotatable bonds is 4. The molecule has 1 fully saturated rings. The zero-order valence-corrected chi connectivity index (χ0v) is 10.8. The van der Waals surface area contributed by atoms with Crippen molar-refractivity contribution in [3.05, 3.63) is 12.2 Å². The number of hydrogen-bond acceptors (Lipinski definition) is 3. The fourth-order valence-corrected chi connectivity index (χ4v) is 2.89. The first-order valence-electron chi connectivity index (χ1n) is 6.75. The predicted molar refractivity (Wildman–Crippen MR) is 66.5 cm³/mol. The van der Waals surface area contributed by atoms with Crippen LogP contribution in [0.2, 0.25) is 0 Å². The quantitative estimate of drug-likeness (QED) is 0.871. The molecule has 1 aromatic heterocycles. The molecule has 1 aliphatic rings. The minimum atomic E-state index is -0.257. The maximum atomic E-state index is 10.3. The number of nitrogens with zero attached hydrogens (tertiary/aromatic N) is 3. The fourth-order valence-electron chi connectivity index (χ4n) is 2.89. The van der Waals surface area contributed by atoms with Crippen LogP contribution in [0.25, 0.3) is 0 Å². The van der Waals surface area contributed by atoms with Gasteiger partial charge in [-0.25, -0.2) is 4.98 Å². The molecule has 3 atom stereocenters. The lowest BCUT2D eigenvalue weighted by atomic mass is 9.79. The van der Waals surface area contributed by atoms with Crippen molar-refractivity contribution < 1.29 is 5.11 Å². The van der Waals surface area contributed by atoms with Crippen LogP contribution in [0.5, 0.6) is 0 Å². The molecule has 1 heterocycles. The topological polar surface area (TPSA) is 50.9 Å². The smallest absolute Gasteiger partial charge is 0.138 e. The van der Waals surface area contributed by atoms with Gasteiger partial charge in [0.05, 0.1) is 6.10 Å². The molecule has 0 saturated heterocycles. The third kappa shape index (κ3) is 3.06. The van der Waals surface area contributed by atoms with Crippen LogP contribution in [0.1, 0.15) is 45.4 Å². The summed E-state index contributed by atoms with van der Waals surface area (Å²) in [6.07, 6.45) is 6.85. The van der Waals surface area contributed by atoms with E-state index in [0.29, 0.717) is 12.3 Å². The summed E-state index contributed by atoms with van der Waals surface area (Å²) in [5.74, 6) is 2.12. The molecule has 0 bridgehead atoms. The van der Waals surface area contributed by atoms with E-state index in [1.54, 1.807) is 6.33 Å². The lowest BCUT2D eigenvalue weighted by Crippen LogP contribution is -2.28. The van der Waals surface area contributed by atoms with Crippen molar-refractivity contribution in [1.82, 2.24) is 14.8 Å². The van der Waals surface area contributed by atoms with Crippen molar-refractivity contribution in [2.24, 2.45) is 11.8 Å². The molecular weight excluding hydrogens is 214 g/mol. The molecule has 0 amide bonds. The molecule has 17 heavy (non-hydrogen) atoms. The maximum Gasteiger partial charge on any atom is 0.138 e. The van der Waals surface area contributed by atoms with E-state index in [4.69, 9.17) is 0 Å². The van der Waals surface area contributed by atoms with E-state index in [-0.39, 0.29) is 6.10 Å².